The summed E-state index contributed by atoms with van der Waals surface area (Å²) in [7, 11) is 0. The first-order valence-electron chi connectivity index (χ1n) is 5.11. The average molecular weight is 207 g/mol. The Balaban J connectivity index is 2.57. The number of nitrogens with one attached hydrogen (secondary N) is 1. The first-order valence-corrected chi connectivity index (χ1v) is 5.11. The Morgan fingerprint density at radius 1 is 1.33 bits per heavy atom. The third-order valence-electron chi connectivity index (χ3n) is 2.35. The zero-order valence-electron chi connectivity index (χ0n) is 9.21. The number of carbonyl (C=O) groups is 1. The van der Waals surface area contributed by atoms with E-state index < -0.39 is 0 Å². The van der Waals surface area contributed by atoms with Crippen molar-refractivity contribution in [2.75, 3.05) is 11.9 Å². The SMILES string of the molecule is Cc1ccc(NC(=O)CCCO)cc1C. The van der Waals surface area contributed by atoms with Crippen LogP contribution in [0.3, 0.4) is 0 Å². The van der Waals surface area contributed by atoms with Gasteiger partial charge in [0.25, 0.3) is 0 Å². The molecule has 0 spiro atoms. The lowest BCUT2D eigenvalue weighted by molar-refractivity contribution is -0.116. The predicted molar refractivity (Wildman–Crippen MR) is 60.9 cm³/mol. The zero-order chi connectivity index (χ0) is 11.3. The fraction of sp³-hybridized carbons (Fsp3) is 0.417. The molecule has 1 aromatic carbocycles. The van der Waals surface area contributed by atoms with E-state index in [0.29, 0.717) is 12.8 Å². The topological polar surface area (TPSA) is 49.3 Å². The summed E-state index contributed by atoms with van der Waals surface area (Å²) in [6.45, 7) is 4.10. The summed E-state index contributed by atoms with van der Waals surface area (Å²) in [6.07, 6.45) is 0.875. The maximum Gasteiger partial charge on any atom is 0.224 e. The van der Waals surface area contributed by atoms with Crippen LogP contribution in [0.15, 0.2) is 18.2 Å². The van der Waals surface area contributed by atoms with Crippen molar-refractivity contribution in [1.82, 2.24) is 0 Å². The van der Waals surface area contributed by atoms with Gasteiger partial charge in [-0.25, -0.2) is 0 Å². The maximum atomic E-state index is 11.3. The second-order valence-electron chi connectivity index (χ2n) is 3.67. The van der Waals surface area contributed by atoms with Gasteiger partial charge in [-0.15, -0.1) is 0 Å². The molecular formula is C12H17NO2. The van der Waals surface area contributed by atoms with E-state index in [2.05, 4.69) is 5.32 Å². The molecule has 0 aromatic heterocycles. The normalized spacial score (nSPS) is 10.1. The van der Waals surface area contributed by atoms with Crippen molar-refractivity contribution in [1.29, 1.82) is 0 Å². The third kappa shape index (κ3) is 3.72. The van der Waals surface area contributed by atoms with Gasteiger partial charge in [0.15, 0.2) is 0 Å². The molecule has 0 aliphatic rings. The molecule has 0 saturated heterocycles. The predicted octanol–water partition coefficient (Wildman–Crippen LogP) is 2.01. The first-order chi connectivity index (χ1) is 7.13. The Morgan fingerprint density at radius 2 is 2.07 bits per heavy atom. The van der Waals surface area contributed by atoms with Gasteiger partial charge in [0.2, 0.25) is 5.91 Å². The van der Waals surface area contributed by atoms with Crippen molar-refractivity contribution in [2.45, 2.75) is 26.7 Å². The summed E-state index contributed by atoms with van der Waals surface area (Å²) in [5.41, 5.74) is 3.19. The van der Waals surface area contributed by atoms with Crippen molar-refractivity contribution in [2.24, 2.45) is 0 Å². The molecule has 1 aromatic rings. The van der Waals surface area contributed by atoms with Crippen LogP contribution in [0.2, 0.25) is 0 Å². The highest BCUT2D eigenvalue weighted by Crippen LogP contribution is 2.14. The van der Waals surface area contributed by atoms with Gasteiger partial charge in [0.1, 0.15) is 0 Å². The Hall–Kier alpha value is -1.35. The quantitative estimate of drug-likeness (QED) is 0.793. The van der Waals surface area contributed by atoms with Crippen LogP contribution in [0.4, 0.5) is 5.69 Å². The largest absolute Gasteiger partial charge is 0.396 e. The van der Waals surface area contributed by atoms with Crippen LogP contribution < -0.4 is 5.32 Å². The van der Waals surface area contributed by atoms with E-state index in [1.807, 2.05) is 32.0 Å². The van der Waals surface area contributed by atoms with E-state index in [1.165, 1.54) is 5.56 Å². The monoisotopic (exact) mass is 207 g/mol. The molecule has 0 fully saturated rings. The molecule has 0 aliphatic heterocycles. The van der Waals surface area contributed by atoms with Crippen LogP contribution in [0.5, 0.6) is 0 Å². The lowest BCUT2D eigenvalue weighted by atomic mass is 10.1. The van der Waals surface area contributed by atoms with Crippen LogP contribution >= 0.6 is 0 Å². The van der Waals surface area contributed by atoms with Crippen LogP contribution in [-0.4, -0.2) is 17.6 Å². The van der Waals surface area contributed by atoms with Crippen molar-refractivity contribution in [3.63, 3.8) is 0 Å². The lowest BCUT2D eigenvalue weighted by Gasteiger charge is -2.07. The number of hydrogen-bond acceptors (Lipinski definition) is 2. The minimum atomic E-state index is -0.0488. The zero-order valence-corrected chi connectivity index (χ0v) is 9.21. The molecule has 0 heterocycles. The molecule has 0 atom stereocenters. The van der Waals surface area contributed by atoms with E-state index in [9.17, 15) is 4.79 Å². The number of hydrogen-bond donors (Lipinski definition) is 2. The van der Waals surface area contributed by atoms with Crippen molar-refractivity contribution in [3.05, 3.63) is 29.3 Å². The fourth-order valence-corrected chi connectivity index (χ4v) is 1.28. The second-order valence-corrected chi connectivity index (χ2v) is 3.67. The van der Waals surface area contributed by atoms with Gasteiger partial charge in [0, 0.05) is 18.7 Å². The van der Waals surface area contributed by atoms with Gasteiger partial charge in [-0.3, -0.25) is 4.79 Å². The van der Waals surface area contributed by atoms with E-state index >= 15 is 0 Å². The number of aliphatic hydroxyl groups is 1. The molecule has 1 rings (SSSR count). The lowest BCUT2D eigenvalue weighted by Crippen LogP contribution is -2.11. The van der Waals surface area contributed by atoms with Crippen LogP contribution in [0.25, 0.3) is 0 Å². The molecule has 3 heteroatoms. The molecule has 3 nitrogen and oxygen atoms in total. The highest BCUT2D eigenvalue weighted by Gasteiger charge is 2.02. The Morgan fingerprint density at radius 3 is 2.67 bits per heavy atom. The van der Waals surface area contributed by atoms with Crippen molar-refractivity contribution >= 4 is 11.6 Å². The van der Waals surface area contributed by atoms with Gasteiger partial charge < -0.3 is 10.4 Å². The summed E-state index contributed by atoms with van der Waals surface area (Å²) < 4.78 is 0. The molecule has 0 unspecified atom stereocenters. The number of aryl methyl sites for hydroxylation is 2. The summed E-state index contributed by atoms with van der Waals surface area (Å²) >= 11 is 0. The molecule has 15 heavy (non-hydrogen) atoms. The summed E-state index contributed by atoms with van der Waals surface area (Å²) in [6, 6.07) is 5.82. The van der Waals surface area contributed by atoms with Crippen molar-refractivity contribution < 1.29 is 9.90 Å². The smallest absolute Gasteiger partial charge is 0.224 e. The highest BCUT2D eigenvalue weighted by atomic mass is 16.3. The molecule has 0 aliphatic carbocycles. The minimum absolute atomic E-state index is 0.0488. The fourth-order valence-electron chi connectivity index (χ4n) is 1.28. The first kappa shape index (κ1) is 11.7. The minimum Gasteiger partial charge on any atom is -0.396 e. The van der Waals surface area contributed by atoms with Crippen LogP contribution in [-0.2, 0) is 4.79 Å². The number of amides is 1. The molecule has 2 N–H and O–H groups in total. The van der Waals surface area contributed by atoms with Gasteiger partial charge in [-0.2, -0.15) is 0 Å². The third-order valence-corrected chi connectivity index (χ3v) is 2.35. The molecular weight excluding hydrogens is 190 g/mol. The van der Waals surface area contributed by atoms with Crippen LogP contribution in [0.1, 0.15) is 24.0 Å². The van der Waals surface area contributed by atoms with Gasteiger partial charge in [-0.05, 0) is 43.5 Å². The molecule has 1 amide bonds. The number of anilines is 1. The number of carbonyl (C=O) groups excluding carboxylic acids is 1. The summed E-state index contributed by atoms with van der Waals surface area (Å²) in [5.74, 6) is -0.0488. The second kappa shape index (κ2) is 5.51. The average Bonchev–Trinajstić information content (AvgIpc) is 2.20. The summed E-state index contributed by atoms with van der Waals surface area (Å²) in [5, 5.41) is 11.4. The standard InChI is InChI=1S/C12H17NO2/c1-9-5-6-11(8-10(9)2)13-12(15)4-3-7-14/h5-6,8,14H,3-4,7H2,1-2H3,(H,13,15). The molecule has 0 saturated carbocycles. The Labute approximate surface area is 90.1 Å². The van der Waals surface area contributed by atoms with E-state index in [1.54, 1.807) is 0 Å². The van der Waals surface area contributed by atoms with E-state index in [0.717, 1.165) is 11.3 Å². The number of benzene rings is 1. The van der Waals surface area contributed by atoms with Gasteiger partial charge in [-0.1, -0.05) is 6.07 Å². The molecule has 0 radical (unpaired) electrons. The van der Waals surface area contributed by atoms with Gasteiger partial charge in [0.05, 0.1) is 0 Å². The van der Waals surface area contributed by atoms with Crippen LogP contribution in [0, 0.1) is 13.8 Å². The molecule has 82 valence electrons. The Bertz CT molecular complexity index is 347. The van der Waals surface area contributed by atoms with E-state index in [4.69, 9.17) is 5.11 Å². The molecule has 0 bridgehead atoms. The van der Waals surface area contributed by atoms with Crippen molar-refractivity contribution in [3.8, 4) is 0 Å². The highest BCUT2D eigenvalue weighted by molar-refractivity contribution is 5.90. The van der Waals surface area contributed by atoms with Gasteiger partial charge >= 0.3 is 0 Å². The van der Waals surface area contributed by atoms with E-state index in [-0.39, 0.29) is 12.5 Å². The Kier molecular flexibility index (Phi) is 4.31. The maximum absolute atomic E-state index is 11.3. The number of rotatable bonds is 4. The summed E-state index contributed by atoms with van der Waals surface area (Å²) in [4.78, 5) is 11.3. The number of aliphatic hydroxyl groups excluding tert-OH is 1.